The van der Waals surface area contributed by atoms with Crippen LogP contribution in [0.3, 0.4) is 0 Å². The van der Waals surface area contributed by atoms with Gasteiger partial charge >= 0.3 is 5.97 Å². The third-order valence-corrected chi connectivity index (χ3v) is 6.65. The molecule has 5 rings (SSSR count). The fourth-order valence-electron chi connectivity index (χ4n) is 5.05. The molecule has 1 heterocycles. The van der Waals surface area contributed by atoms with Crippen LogP contribution in [0, 0.1) is 23.7 Å². The van der Waals surface area contributed by atoms with Crippen LogP contribution in [0.1, 0.15) is 23.2 Å². The normalized spacial score (nSPS) is 28.9. The van der Waals surface area contributed by atoms with Crippen LogP contribution in [0.5, 0.6) is 0 Å². The van der Waals surface area contributed by atoms with Crippen molar-refractivity contribution in [1.29, 1.82) is 0 Å². The summed E-state index contributed by atoms with van der Waals surface area (Å²) in [6.07, 6.45) is 1.68. The number of amides is 2. The highest BCUT2D eigenvalue weighted by Gasteiger charge is 2.63. The van der Waals surface area contributed by atoms with E-state index in [1.54, 1.807) is 48.5 Å². The first-order valence-electron chi connectivity index (χ1n) is 9.68. The summed E-state index contributed by atoms with van der Waals surface area (Å²) in [5.41, 5.74) is 1.58. The van der Waals surface area contributed by atoms with Crippen LogP contribution < -0.4 is 10.6 Å². The number of carbonyl (C=O) groups excluding carboxylic acids is 3. The van der Waals surface area contributed by atoms with Gasteiger partial charge in [-0.05, 0) is 55.2 Å². The number of ether oxygens (including phenoxy) is 1. The number of esters is 1. The van der Waals surface area contributed by atoms with E-state index in [0.717, 1.165) is 12.8 Å². The Morgan fingerprint density at radius 3 is 2.52 bits per heavy atom. The minimum absolute atomic E-state index is 0.0115. The van der Waals surface area contributed by atoms with E-state index in [9.17, 15) is 14.4 Å². The van der Waals surface area contributed by atoms with Crippen molar-refractivity contribution in [3.63, 3.8) is 0 Å². The van der Waals surface area contributed by atoms with E-state index in [-0.39, 0.29) is 47.6 Å². The fourth-order valence-corrected chi connectivity index (χ4v) is 5.23. The molecule has 1 saturated heterocycles. The summed E-state index contributed by atoms with van der Waals surface area (Å²) in [6, 6.07) is 13.7. The largest absolute Gasteiger partial charge is 0.462 e. The summed E-state index contributed by atoms with van der Waals surface area (Å²) < 4.78 is 5.40. The summed E-state index contributed by atoms with van der Waals surface area (Å²) in [5.74, 6) is -0.890. The molecular weight excluding hydrogens is 392 g/mol. The molecule has 0 radical (unpaired) electrons. The molecule has 0 aromatic heterocycles. The third kappa shape index (κ3) is 3.08. The number of anilines is 2. The molecule has 1 aliphatic heterocycles. The van der Waals surface area contributed by atoms with Crippen molar-refractivity contribution < 1.29 is 19.1 Å². The Hall–Kier alpha value is -2.86. The van der Waals surface area contributed by atoms with Gasteiger partial charge in [-0.15, -0.1) is 0 Å². The van der Waals surface area contributed by atoms with E-state index < -0.39 is 0 Å². The van der Waals surface area contributed by atoms with Crippen LogP contribution in [0.2, 0.25) is 5.02 Å². The van der Waals surface area contributed by atoms with E-state index in [4.69, 9.17) is 16.3 Å². The van der Waals surface area contributed by atoms with Crippen LogP contribution in [-0.4, -0.2) is 23.9 Å². The zero-order valence-electron chi connectivity index (χ0n) is 15.4. The topological polar surface area (TPSA) is 84.5 Å². The fraction of sp³-hybridized carbons (Fsp3) is 0.318. The van der Waals surface area contributed by atoms with E-state index >= 15 is 0 Å². The molecule has 2 amide bonds. The Kier molecular flexibility index (Phi) is 4.32. The molecule has 3 aliphatic rings. The van der Waals surface area contributed by atoms with Gasteiger partial charge in [-0.1, -0.05) is 23.7 Å². The SMILES string of the molecule is O=C(Nc1ccccc1Cl)c1ccc(NC(=O)[C@@H]2[C@@H]3C[C@@H]4[C@H]2C(=O)O[C@H]4C3)cc1. The average Bonchev–Trinajstić information content (AvgIpc) is 3.33. The lowest BCUT2D eigenvalue weighted by Crippen LogP contribution is -2.35. The van der Waals surface area contributed by atoms with Gasteiger partial charge in [0.05, 0.1) is 22.5 Å². The summed E-state index contributed by atoms with van der Waals surface area (Å²) in [5, 5.41) is 6.12. The van der Waals surface area contributed by atoms with Gasteiger partial charge in [0, 0.05) is 17.2 Å². The van der Waals surface area contributed by atoms with Crippen molar-refractivity contribution in [2.75, 3.05) is 10.6 Å². The number of hydrogen-bond acceptors (Lipinski definition) is 4. The van der Waals surface area contributed by atoms with Crippen LogP contribution in [0.4, 0.5) is 11.4 Å². The van der Waals surface area contributed by atoms with Gasteiger partial charge in [-0.2, -0.15) is 0 Å². The summed E-state index contributed by atoms with van der Waals surface area (Å²) >= 11 is 6.07. The minimum atomic E-state index is -0.325. The first kappa shape index (κ1) is 18.2. The summed E-state index contributed by atoms with van der Waals surface area (Å²) in [7, 11) is 0. The molecule has 6 nitrogen and oxygen atoms in total. The quantitative estimate of drug-likeness (QED) is 0.752. The van der Waals surface area contributed by atoms with Crippen LogP contribution in [0.25, 0.3) is 0 Å². The summed E-state index contributed by atoms with van der Waals surface area (Å²) in [4.78, 5) is 37.3. The molecule has 29 heavy (non-hydrogen) atoms. The predicted octanol–water partition coefficient (Wildman–Crippen LogP) is 3.73. The van der Waals surface area contributed by atoms with Gasteiger partial charge < -0.3 is 15.4 Å². The molecule has 148 valence electrons. The second-order valence-corrected chi connectivity index (χ2v) is 8.33. The Morgan fingerprint density at radius 1 is 1.00 bits per heavy atom. The number of nitrogens with one attached hydrogen (secondary N) is 2. The zero-order valence-corrected chi connectivity index (χ0v) is 16.2. The van der Waals surface area contributed by atoms with Gasteiger partial charge in [0.2, 0.25) is 5.91 Å². The molecular formula is C22H19ClN2O4. The standard InChI is InChI=1S/C22H19ClN2O4/c23-15-3-1-2-4-16(15)25-20(26)11-5-7-13(8-6-11)24-21(27)18-12-9-14-17(10-12)29-22(28)19(14)18/h1-8,12,14,17-19H,9-10H2,(H,24,27)(H,25,26)/t12-,14+,17+,18-,19-/m1/s1. The second-order valence-electron chi connectivity index (χ2n) is 7.92. The van der Waals surface area contributed by atoms with Crippen LogP contribution in [0.15, 0.2) is 48.5 Å². The monoisotopic (exact) mass is 410 g/mol. The number of hydrogen-bond donors (Lipinski definition) is 2. The molecule has 2 aromatic carbocycles. The van der Waals surface area contributed by atoms with E-state index in [1.807, 2.05) is 0 Å². The molecule has 2 aromatic rings. The molecule has 0 spiro atoms. The molecule has 5 atom stereocenters. The minimum Gasteiger partial charge on any atom is -0.462 e. The summed E-state index contributed by atoms with van der Waals surface area (Å²) in [6.45, 7) is 0. The van der Waals surface area contributed by atoms with Gasteiger partial charge in [0.1, 0.15) is 6.10 Å². The molecule has 2 N–H and O–H groups in total. The molecule has 7 heteroatoms. The highest BCUT2D eigenvalue weighted by Crippen LogP contribution is 2.57. The van der Waals surface area contributed by atoms with Gasteiger partial charge in [0.25, 0.3) is 5.91 Å². The van der Waals surface area contributed by atoms with E-state index in [0.29, 0.717) is 22.0 Å². The van der Waals surface area contributed by atoms with Crippen molar-refractivity contribution >= 4 is 40.8 Å². The van der Waals surface area contributed by atoms with E-state index in [2.05, 4.69) is 10.6 Å². The highest BCUT2D eigenvalue weighted by molar-refractivity contribution is 6.33. The number of halogens is 1. The van der Waals surface area contributed by atoms with Crippen LogP contribution >= 0.6 is 11.6 Å². The second kappa shape index (κ2) is 6.88. The number of benzene rings is 2. The smallest absolute Gasteiger partial charge is 0.310 e. The maximum absolute atomic E-state index is 12.8. The van der Waals surface area contributed by atoms with Gasteiger partial charge in [-0.25, -0.2) is 0 Å². The lowest BCUT2D eigenvalue weighted by atomic mass is 9.79. The van der Waals surface area contributed by atoms with Crippen molar-refractivity contribution in [1.82, 2.24) is 0 Å². The molecule has 2 saturated carbocycles. The number of rotatable bonds is 4. The maximum atomic E-state index is 12.8. The predicted molar refractivity (Wildman–Crippen MR) is 108 cm³/mol. The van der Waals surface area contributed by atoms with Crippen molar-refractivity contribution in [3.05, 3.63) is 59.1 Å². The molecule has 2 bridgehead atoms. The molecule has 2 aliphatic carbocycles. The Bertz CT molecular complexity index is 1000. The van der Waals surface area contributed by atoms with Gasteiger partial charge in [0.15, 0.2) is 0 Å². The molecule has 3 fully saturated rings. The highest BCUT2D eigenvalue weighted by atomic mass is 35.5. The van der Waals surface area contributed by atoms with Gasteiger partial charge in [-0.3, -0.25) is 14.4 Å². The van der Waals surface area contributed by atoms with Crippen molar-refractivity contribution in [3.8, 4) is 0 Å². The van der Waals surface area contributed by atoms with Crippen molar-refractivity contribution in [2.24, 2.45) is 23.7 Å². The Balaban J connectivity index is 1.25. The number of carbonyl (C=O) groups is 3. The maximum Gasteiger partial charge on any atom is 0.310 e. The lowest BCUT2D eigenvalue weighted by Gasteiger charge is -2.23. The number of para-hydroxylation sites is 1. The Labute approximate surface area is 172 Å². The first-order chi connectivity index (χ1) is 14.0. The Morgan fingerprint density at radius 2 is 1.76 bits per heavy atom. The number of fused-ring (bicyclic) bond motifs is 1. The first-order valence-corrected chi connectivity index (χ1v) is 10.1. The molecule has 0 unspecified atom stereocenters. The van der Waals surface area contributed by atoms with E-state index in [1.165, 1.54) is 0 Å². The average molecular weight is 411 g/mol. The van der Waals surface area contributed by atoms with Crippen molar-refractivity contribution in [2.45, 2.75) is 18.9 Å². The third-order valence-electron chi connectivity index (χ3n) is 6.32. The lowest BCUT2D eigenvalue weighted by molar-refractivity contribution is -0.145. The zero-order chi connectivity index (χ0) is 20.1. The van der Waals surface area contributed by atoms with Crippen LogP contribution in [-0.2, 0) is 14.3 Å².